The van der Waals surface area contributed by atoms with Gasteiger partial charge in [0.25, 0.3) is 0 Å². The first-order valence-corrected chi connectivity index (χ1v) is 6.89. The van der Waals surface area contributed by atoms with E-state index in [0.29, 0.717) is 5.56 Å². The quantitative estimate of drug-likeness (QED) is 0.877. The molecule has 0 heterocycles. The van der Waals surface area contributed by atoms with Gasteiger partial charge in [-0.05, 0) is 29.3 Å². The van der Waals surface area contributed by atoms with Gasteiger partial charge in [0.15, 0.2) is 0 Å². The van der Waals surface area contributed by atoms with Crippen molar-refractivity contribution >= 4 is 11.9 Å². The number of hydrogen-bond acceptors (Lipinski definition) is 3. The molecule has 0 aliphatic rings. The zero-order chi connectivity index (χ0) is 16.3. The van der Waals surface area contributed by atoms with Crippen LogP contribution in [0.2, 0.25) is 0 Å². The van der Waals surface area contributed by atoms with Crippen molar-refractivity contribution < 1.29 is 19.4 Å². The van der Waals surface area contributed by atoms with Crippen molar-refractivity contribution in [2.75, 3.05) is 7.11 Å². The number of methoxy groups -OCH3 is 1. The van der Waals surface area contributed by atoms with E-state index in [2.05, 4.69) is 4.74 Å². The molecule has 0 radical (unpaired) electrons. The number of carboxylic acid groups (broad SMARTS) is 1. The third-order valence-electron chi connectivity index (χ3n) is 3.86. The maximum atomic E-state index is 11.5. The molecular weight excluding hydrogens is 280 g/mol. The Morgan fingerprint density at radius 2 is 1.59 bits per heavy atom. The van der Waals surface area contributed by atoms with Crippen LogP contribution in [0.1, 0.15) is 45.7 Å². The van der Waals surface area contributed by atoms with Gasteiger partial charge in [0.1, 0.15) is 0 Å². The predicted molar refractivity (Wildman–Crippen MR) is 83.3 cm³/mol. The lowest BCUT2D eigenvalue weighted by Gasteiger charge is -2.27. The van der Waals surface area contributed by atoms with E-state index < -0.39 is 17.4 Å². The molecule has 0 bridgehead atoms. The summed E-state index contributed by atoms with van der Waals surface area (Å²) in [7, 11) is 1.34. The van der Waals surface area contributed by atoms with Gasteiger partial charge in [0.2, 0.25) is 0 Å². The van der Waals surface area contributed by atoms with Crippen LogP contribution in [0.4, 0.5) is 0 Å². The lowest BCUT2D eigenvalue weighted by Crippen LogP contribution is -2.22. The van der Waals surface area contributed by atoms with Gasteiger partial charge >= 0.3 is 11.9 Å². The second kappa shape index (κ2) is 6.02. The van der Waals surface area contributed by atoms with Crippen molar-refractivity contribution in [3.8, 4) is 0 Å². The Bertz CT molecular complexity index is 699. The summed E-state index contributed by atoms with van der Waals surface area (Å²) >= 11 is 0. The molecule has 0 spiro atoms. The highest BCUT2D eigenvalue weighted by Gasteiger charge is 2.27. The van der Waals surface area contributed by atoms with Crippen LogP contribution in [0.15, 0.2) is 48.5 Å². The first-order valence-electron chi connectivity index (χ1n) is 6.89. The molecular formula is C18H18O4. The van der Waals surface area contributed by atoms with E-state index in [4.69, 9.17) is 0 Å². The van der Waals surface area contributed by atoms with Gasteiger partial charge in [-0.2, -0.15) is 0 Å². The van der Waals surface area contributed by atoms with Crippen molar-refractivity contribution in [1.82, 2.24) is 0 Å². The van der Waals surface area contributed by atoms with Gasteiger partial charge in [0.05, 0.1) is 18.2 Å². The molecule has 0 saturated heterocycles. The molecule has 0 saturated carbocycles. The molecule has 0 aromatic heterocycles. The lowest BCUT2D eigenvalue weighted by atomic mass is 9.76. The molecule has 0 fully saturated rings. The first kappa shape index (κ1) is 15.8. The molecule has 2 aromatic rings. The highest BCUT2D eigenvalue weighted by Crippen LogP contribution is 2.33. The van der Waals surface area contributed by atoms with Crippen molar-refractivity contribution in [3.63, 3.8) is 0 Å². The average Bonchev–Trinajstić information content (AvgIpc) is 2.54. The van der Waals surface area contributed by atoms with Crippen LogP contribution in [-0.2, 0) is 10.2 Å². The third kappa shape index (κ3) is 2.86. The van der Waals surface area contributed by atoms with Crippen LogP contribution in [-0.4, -0.2) is 24.2 Å². The molecule has 0 atom stereocenters. The number of benzene rings is 2. The molecule has 0 aliphatic carbocycles. The SMILES string of the molecule is COC(=O)c1ccc(C(C)(C)c2ccccc2C(=O)O)cc1. The highest BCUT2D eigenvalue weighted by atomic mass is 16.5. The fourth-order valence-electron chi connectivity index (χ4n) is 2.51. The fourth-order valence-corrected chi connectivity index (χ4v) is 2.51. The lowest BCUT2D eigenvalue weighted by molar-refractivity contribution is 0.0600. The summed E-state index contributed by atoms with van der Waals surface area (Å²) in [6.45, 7) is 3.92. The first-order chi connectivity index (χ1) is 10.4. The van der Waals surface area contributed by atoms with E-state index in [9.17, 15) is 14.7 Å². The van der Waals surface area contributed by atoms with Crippen LogP contribution in [0, 0.1) is 0 Å². The van der Waals surface area contributed by atoms with Gasteiger partial charge in [-0.1, -0.05) is 44.2 Å². The van der Waals surface area contributed by atoms with Crippen molar-refractivity contribution in [2.45, 2.75) is 19.3 Å². The minimum atomic E-state index is -0.949. The zero-order valence-corrected chi connectivity index (χ0v) is 12.8. The number of ether oxygens (including phenoxy) is 1. The average molecular weight is 298 g/mol. The predicted octanol–water partition coefficient (Wildman–Crippen LogP) is 3.50. The standard InChI is InChI=1S/C18H18O4/c1-18(2,15-7-5-4-6-14(15)16(19)20)13-10-8-12(9-11-13)17(21)22-3/h4-11H,1-3H3,(H,19,20). The van der Waals surface area contributed by atoms with Crippen LogP contribution < -0.4 is 0 Å². The molecule has 0 amide bonds. The van der Waals surface area contributed by atoms with Crippen LogP contribution >= 0.6 is 0 Å². The Labute approximate surface area is 129 Å². The van der Waals surface area contributed by atoms with Gasteiger partial charge < -0.3 is 9.84 Å². The largest absolute Gasteiger partial charge is 0.478 e. The van der Waals surface area contributed by atoms with Gasteiger partial charge in [-0.15, -0.1) is 0 Å². The normalized spacial score (nSPS) is 11.0. The Balaban J connectivity index is 2.47. The van der Waals surface area contributed by atoms with E-state index in [1.54, 1.807) is 24.3 Å². The van der Waals surface area contributed by atoms with E-state index in [0.717, 1.165) is 11.1 Å². The zero-order valence-electron chi connectivity index (χ0n) is 12.8. The molecule has 2 aromatic carbocycles. The Kier molecular flexibility index (Phi) is 4.31. The number of carbonyl (C=O) groups is 2. The fraction of sp³-hybridized carbons (Fsp3) is 0.222. The van der Waals surface area contributed by atoms with Gasteiger partial charge in [-0.3, -0.25) is 0 Å². The Morgan fingerprint density at radius 3 is 2.14 bits per heavy atom. The topological polar surface area (TPSA) is 63.6 Å². The molecule has 114 valence electrons. The highest BCUT2D eigenvalue weighted by molar-refractivity contribution is 5.90. The van der Waals surface area contributed by atoms with E-state index >= 15 is 0 Å². The summed E-state index contributed by atoms with van der Waals surface area (Å²) < 4.78 is 4.68. The van der Waals surface area contributed by atoms with Crippen LogP contribution in [0.5, 0.6) is 0 Å². The van der Waals surface area contributed by atoms with E-state index in [1.165, 1.54) is 7.11 Å². The molecule has 1 N–H and O–H groups in total. The monoisotopic (exact) mass is 298 g/mol. The molecule has 22 heavy (non-hydrogen) atoms. The van der Waals surface area contributed by atoms with E-state index in [1.807, 2.05) is 38.1 Å². The summed E-state index contributed by atoms with van der Waals surface area (Å²) in [5.74, 6) is -1.34. The van der Waals surface area contributed by atoms with E-state index in [-0.39, 0.29) is 5.56 Å². The van der Waals surface area contributed by atoms with Crippen LogP contribution in [0.25, 0.3) is 0 Å². The smallest absolute Gasteiger partial charge is 0.337 e. The van der Waals surface area contributed by atoms with Gasteiger partial charge in [0, 0.05) is 5.41 Å². The molecule has 0 aliphatic heterocycles. The number of carbonyl (C=O) groups excluding carboxylic acids is 1. The summed E-state index contributed by atoms with van der Waals surface area (Å²) in [6.07, 6.45) is 0. The summed E-state index contributed by atoms with van der Waals surface area (Å²) in [4.78, 5) is 22.9. The van der Waals surface area contributed by atoms with Crippen molar-refractivity contribution in [2.24, 2.45) is 0 Å². The molecule has 2 rings (SSSR count). The van der Waals surface area contributed by atoms with Crippen LogP contribution in [0.3, 0.4) is 0 Å². The van der Waals surface area contributed by atoms with Gasteiger partial charge in [-0.25, -0.2) is 9.59 Å². The Morgan fingerprint density at radius 1 is 1.00 bits per heavy atom. The van der Waals surface area contributed by atoms with Crippen molar-refractivity contribution in [3.05, 3.63) is 70.8 Å². The maximum Gasteiger partial charge on any atom is 0.337 e. The molecule has 4 heteroatoms. The third-order valence-corrected chi connectivity index (χ3v) is 3.86. The number of hydrogen-bond donors (Lipinski definition) is 1. The van der Waals surface area contributed by atoms with Crippen molar-refractivity contribution in [1.29, 1.82) is 0 Å². The summed E-state index contributed by atoms with van der Waals surface area (Å²) in [5, 5.41) is 9.36. The maximum absolute atomic E-state index is 11.5. The second-order valence-electron chi connectivity index (χ2n) is 5.54. The number of esters is 1. The second-order valence-corrected chi connectivity index (χ2v) is 5.54. The summed E-state index contributed by atoms with van der Waals surface area (Å²) in [6, 6.07) is 14.0. The molecule has 0 unspecified atom stereocenters. The molecule has 4 nitrogen and oxygen atoms in total. The summed E-state index contributed by atoms with van der Waals surface area (Å²) in [5.41, 5.74) is 1.91. The minimum Gasteiger partial charge on any atom is -0.478 e. The number of carboxylic acids is 1. The number of rotatable bonds is 4. The minimum absolute atomic E-state index is 0.282. The number of aromatic carboxylic acids is 1. The Hall–Kier alpha value is -2.62.